The number of hydrogen-bond donors (Lipinski definition) is 0. The molecule has 3 heteroatoms. The maximum absolute atomic E-state index is 2.29. The zero-order valence-corrected chi connectivity index (χ0v) is 9.16. The third-order valence-electron chi connectivity index (χ3n) is 1.69. The fourth-order valence-electron chi connectivity index (χ4n) is 1.08. The fourth-order valence-corrected chi connectivity index (χ4v) is 1.64. The van der Waals surface area contributed by atoms with Gasteiger partial charge in [-0.3, -0.25) is 0 Å². The first-order valence-corrected chi connectivity index (χ1v) is 3.97. The van der Waals surface area contributed by atoms with E-state index < -0.39 is 0 Å². The van der Waals surface area contributed by atoms with Crippen molar-refractivity contribution in [2.24, 2.45) is 0 Å². The number of rotatable bonds is 1. The van der Waals surface area contributed by atoms with Gasteiger partial charge < -0.3 is 0 Å². The van der Waals surface area contributed by atoms with Gasteiger partial charge in [0.2, 0.25) is 0 Å². The van der Waals surface area contributed by atoms with Crippen molar-refractivity contribution < 1.29 is 20.4 Å². The first-order chi connectivity index (χ1) is 4.38. The average molecular weight is 224 g/mol. The molecule has 2 rings (SSSR count). The number of halogens is 2. The molecule has 11 heavy (non-hydrogen) atoms. The first kappa shape index (κ1) is 11.5. The summed E-state index contributed by atoms with van der Waals surface area (Å²) in [6.07, 6.45) is 9.18. The zero-order chi connectivity index (χ0) is 6.27. The van der Waals surface area contributed by atoms with Crippen LogP contribution in [-0.2, 0) is 20.4 Å². The van der Waals surface area contributed by atoms with Crippen molar-refractivity contribution in [3.63, 3.8) is 0 Å². The number of hydrogen-bond acceptors (Lipinski definition) is 0. The molecule has 0 N–H and O–H groups in total. The maximum atomic E-state index is 2.29. The van der Waals surface area contributed by atoms with Crippen LogP contribution in [0.25, 0.3) is 0 Å². The van der Waals surface area contributed by atoms with Crippen LogP contribution in [0.1, 0.15) is 12.8 Å². The Balaban J connectivity index is 0.000000500. The van der Waals surface area contributed by atoms with Crippen LogP contribution >= 0.6 is 24.8 Å². The second-order valence-corrected chi connectivity index (χ2v) is 3.37. The van der Waals surface area contributed by atoms with E-state index in [-0.39, 0.29) is 24.8 Å². The second-order valence-electron chi connectivity index (χ2n) is 2.43. The Bertz CT molecular complexity index is 238. The molecule has 0 fully saturated rings. The minimum atomic E-state index is 0. The van der Waals surface area contributed by atoms with E-state index in [0.717, 1.165) is 0 Å². The summed E-state index contributed by atoms with van der Waals surface area (Å²) in [6.45, 7) is 0. The molecule has 0 heterocycles. The van der Waals surface area contributed by atoms with Crippen molar-refractivity contribution in [2.75, 3.05) is 0 Å². The standard InChI is InChI=1S/C8H7.2ClH.Ti/c1-2-4-7(3-1)8-5-6-8;;;/h1,3,5H,2,6H2;2*1H;. The van der Waals surface area contributed by atoms with Crippen LogP contribution in [0.15, 0.2) is 33.3 Å². The second kappa shape index (κ2) is 4.52. The molecule has 0 aromatic heterocycles. The van der Waals surface area contributed by atoms with Crippen LogP contribution in [0.4, 0.5) is 0 Å². The Hall–Kier alpha value is 0.514. The van der Waals surface area contributed by atoms with Gasteiger partial charge in [-0.05, 0) is 0 Å². The normalized spacial score (nSPS) is 18.6. The Morgan fingerprint density at radius 2 is 1.82 bits per heavy atom. The average Bonchev–Trinajstić information content (AvgIpc) is 2.58. The summed E-state index contributed by atoms with van der Waals surface area (Å²) in [5.41, 5.74) is 3.07. The predicted molar refractivity (Wildman–Crippen MR) is 48.0 cm³/mol. The molecule has 0 aliphatic heterocycles. The molecular formula is C8H9Cl2Ti. The quantitative estimate of drug-likeness (QED) is 0.600. The van der Waals surface area contributed by atoms with E-state index >= 15 is 0 Å². The SMILES string of the molecule is Cl.Cl.[Ti][C]1=C(C2=CC2)C=CC1. The van der Waals surface area contributed by atoms with Gasteiger partial charge in [0.25, 0.3) is 0 Å². The van der Waals surface area contributed by atoms with E-state index in [9.17, 15) is 0 Å². The van der Waals surface area contributed by atoms with E-state index in [0.29, 0.717) is 0 Å². The summed E-state index contributed by atoms with van der Waals surface area (Å²) >= 11 is 2.22. The van der Waals surface area contributed by atoms with Crippen molar-refractivity contribution in [3.8, 4) is 0 Å². The molecule has 0 saturated carbocycles. The fraction of sp³-hybridized carbons (Fsp3) is 0.250. The van der Waals surface area contributed by atoms with E-state index in [4.69, 9.17) is 0 Å². The molecule has 2 aliphatic rings. The summed E-state index contributed by atoms with van der Waals surface area (Å²) in [5, 5.41) is 0. The molecule has 0 bridgehead atoms. The van der Waals surface area contributed by atoms with Gasteiger partial charge in [-0.25, -0.2) is 0 Å². The summed E-state index contributed by atoms with van der Waals surface area (Å²) in [7, 11) is 0. The molecule has 0 radical (unpaired) electrons. The first-order valence-electron chi connectivity index (χ1n) is 3.18. The van der Waals surface area contributed by atoms with E-state index in [1.54, 1.807) is 9.45 Å². The van der Waals surface area contributed by atoms with E-state index in [1.165, 1.54) is 18.4 Å². The van der Waals surface area contributed by atoms with Crippen LogP contribution in [0.5, 0.6) is 0 Å². The van der Waals surface area contributed by atoms with Crippen LogP contribution in [-0.4, -0.2) is 0 Å². The van der Waals surface area contributed by atoms with Crippen molar-refractivity contribution in [2.45, 2.75) is 12.8 Å². The van der Waals surface area contributed by atoms with Gasteiger partial charge in [-0.15, -0.1) is 24.8 Å². The molecule has 0 aromatic rings. The molecule has 0 saturated heterocycles. The molecule has 0 aromatic carbocycles. The number of allylic oxidation sites excluding steroid dienone is 6. The molecule has 0 unspecified atom stereocenters. The molecule has 0 amide bonds. The summed E-state index contributed by atoms with van der Waals surface area (Å²) in [5.74, 6) is 0. The van der Waals surface area contributed by atoms with Crippen LogP contribution in [0.3, 0.4) is 0 Å². The predicted octanol–water partition coefficient (Wildman–Crippen LogP) is 2.92. The van der Waals surface area contributed by atoms with Crippen molar-refractivity contribution in [1.82, 2.24) is 0 Å². The summed E-state index contributed by atoms with van der Waals surface area (Å²) in [4.78, 5) is 0. The Kier molecular flexibility index (Phi) is 4.73. The van der Waals surface area contributed by atoms with Crippen molar-refractivity contribution in [1.29, 1.82) is 0 Å². The van der Waals surface area contributed by atoms with Gasteiger partial charge in [0.15, 0.2) is 0 Å². The summed E-state index contributed by atoms with van der Waals surface area (Å²) in [6, 6.07) is 0. The van der Waals surface area contributed by atoms with Gasteiger partial charge in [0.05, 0.1) is 0 Å². The van der Waals surface area contributed by atoms with Crippen LogP contribution in [0, 0.1) is 0 Å². The van der Waals surface area contributed by atoms with Crippen LogP contribution < -0.4 is 0 Å². The van der Waals surface area contributed by atoms with E-state index in [1.807, 2.05) is 0 Å². The van der Waals surface area contributed by atoms with E-state index in [2.05, 4.69) is 38.7 Å². The molecule has 2 aliphatic carbocycles. The third kappa shape index (κ3) is 2.48. The van der Waals surface area contributed by atoms with Gasteiger partial charge >= 0.3 is 66.5 Å². The molecule has 59 valence electrons. The van der Waals surface area contributed by atoms with Gasteiger partial charge in [-0.1, -0.05) is 0 Å². The molecule has 0 spiro atoms. The Labute approximate surface area is 91.0 Å². The topological polar surface area (TPSA) is 0 Å². The molecular weight excluding hydrogens is 215 g/mol. The molecule has 0 nitrogen and oxygen atoms in total. The van der Waals surface area contributed by atoms with Gasteiger partial charge in [0, 0.05) is 0 Å². The van der Waals surface area contributed by atoms with Crippen LogP contribution in [0.2, 0.25) is 0 Å². The van der Waals surface area contributed by atoms with Crippen molar-refractivity contribution in [3.05, 3.63) is 33.3 Å². The van der Waals surface area contributed by atoms with Gasteiger partial charge in [0.1, 0.15) is 0 Å². The zero-order valence-electron chi connectivity index (χ0n) is 5.96. The Morgan fingerprint density at radius 3 is 2.18 bits per heavy atom. The Morgan fingerprint density at radius 1 is 1.18 bits per heavy atom. The summed E-state index contributed by atoms with van der Waals surface area (Å²) < 4.78 is 1.54. The van der Waals surface area contributed by atoms with Gasteiger partial charge in [-0.2, -0.15) is 0 Å². The minimum absolute atomic E-state index is 0. The molecule has 0 atom stereocenters. The van der Waals surface area contributed by atoms with Crippen molar-refractivity contribution >= 4 is 24.8 Å². The monoisotopic (exact) mass is 223 g/mol. The third-order valence-corrected chi connectivity index (χ3v) is 2.43.